The van der Waals surface area contributed by atoms with Gasteiger partial charge in [0, 0.05) is 78.0 Å². The lowest BCUT2D eigenvalue weighted by Crippen LogP contribution is -2.29. The second-order valence-electron chi connectivity index (χ2n) is 9.83. The van der Waals surface area contributed by atoms with Crippen molar-refractivity contribution in [1.29, 1.82) is 0 Å². The molecule has 5 heteroatoms. The van der Waals surface area contributed by atoms with Gasteiger partial charge in [-0.3, -0.25) is 4.79 Å². The highest BCUT2D eigenvalue weighted by atomic mass is 16.3. The van der Waals surface area contributed by atoms with Crippen LogP contribution in [0.25, 0.3) is 43.9 Å². The van der Waals surface area contributed by atoms with E-state index in [0.717, 1.165) is 58.9 Å². The van der Waals surface area contributed by atoms with E-state index in [1.165, 1.54) is 49.9 Å². The average molecular weight is 453 g/mol. The third-order valence-corrected chi connectivity index (χ3v) is 7.64. The Kier molecular flexibility index (Phi) is 4.57. The van der Waals surface area contributed by atoms with Crippen LogP contribution in [0.1, 0.15) is 38.5 Å². The van der Waals surface area contributed by atoms with Crippen LogP contribution in [0.2, 0.25) is 0 Å². The second kappa shape index (κ2) is 7.79. The van der Waals surface area contributed by atoms with Gasteiger partial charge in [-0.1, -0.05) is 0 Å². The number of hydrogen-bond acceptors (Lipinski definition) is 5. The maximum absolute atomic E-state index is 12.5. The van der Waals surface area contributed by atoms with Crippen LogP contribution in [0.15, 0.2) is 62.2 Å². The van der Waals surface area contributed by atoms with E-state index < -0.39 is 0 Å². The van der Waals surface area contributed by atoms with E-state index in [1.807, 2.05) is 0 Å². The molecule has 0 spiro atoms. The summed E-state index contributed by atoms with van der Waals surface area (Å²) in [4.78, 5) is 17.4. The molecule has 2 saturated heterocycles. The number of rotatable bonds is 2. The highest BCUT2D eigenvalue weighted by molar-refractivity contribution is 6.25. The Morgan fingerprint density at radius 2 is 1.00 bits per heavy atom. The summed E-state index contributed by atoms with van der Waals surface area (Å²) in [6.07, 6.45) is 7.51. The number of nitrogens with zero attached hydrogens (tertiary/aromatic N) is 2. The third kappa shape index (κ3) is 3.17. The zero-order valence-electron chi connectivity index (χ0n) is 19.3. The van der Waals surface area contributed by atoms with Gasteiger partial charge in [-0.25, -0.2) is 0 Å². The monoisotopic (exact) mass is 452 g/mol. The van der Waals surface area contributed by atoms with Crippen molar-refractivity contribution in [3.63, 3.8) is 0 Å². The standard InChI is InChI=1S/C29H28N2O3/c32-21-17-26-29-27(18-21)34-25-16-20(31-13-5-2-6-14-31)8-10-23(25)28(29)22-9-7-19(15-24(22)33-26)30-11-3-1-4-12-30/h7-10,15-18H,1-6,11-14H2. The first-order valence-corrected chi connectivity index (χ1v) is 12.6. The van der Waals surface area contributed by atoms with E-state index in [-0.39, 0.29) is 5.43 Å². The van der Waals surface area contributed by atoms with Crippen LogP contribution in [0.3, 0.4) is 0 Å². The Balaban J connectivity index is 1.50. The molecule has 0 aliphatic carbocycles. The molecule has 0 unspecified atom stereocenters. The van der Waals surface area contributed by atoms with Crippen molar-refractivity contribution >= 4 is 55.3 Å². The largest absolute Gasteiger partial charge is 0.456 e. The van der Waals surface area contributed by atoms with Crippen molar-refractivity contribution in [2.75, 3.05) is 36.0 Å². The fourth-order valence-corrected chi connectivity index (χ4v) is 5.93. The molecule has 172 valence electrons. The van der Waals surface area contributed by atoms with Crippen molar-refractivity contribution in [3.05, 3.63) is 58.8 Å². The molecular formula is C29H28N2O3. The van der Waals surface area contributed by atoms with Gasteiger partial charge in [-0.05, 0) is 62.8 Å². The first kappa shape index (κ1) is 20.0. The molecule has 2 aliphatic rings. The number of piperidine rings is 2. The first-order chi connectivity index (χ1) is 16.7. The Morgan fingerprint density at radius 1 is 0.529 bits per heavy atom. The van der Waals surface area contributed by atoms with Gasteiger partial charge in [0.25, 0.3) is 0 Å². The maximum Gasteiger partial charge on any atom is 0.186 e. The van der Waals surface area contributed by atoms with E-state index in [4.69, 9.17) is 8.83 Å². The molecule has 0 atom stereocenters. The summed E-state index contributed by atoms with van der Waals surface area (Å²) in [5.41, 5.74) is 5.09. The summed E-state index contributed by atoms with van der Waals surface area (Å²) in [5.74, 6) is 0. The average Bonchev–Trinajstić information content (AvgIpc) is 2.88. The van der Waals surface area contributed by atoms with Gasteiger partial charge in [0.15, 0.2) is 5.43 Å². The molecule has 2 fully saturated rings. The summed E-state index contributed by atoms with van der Waals surface area (Å²) >= 11 is 0. The van der Waals surface area contributed by atoms with Gasteiger partial charge in [-0.2, -0.15) is 0 Å². The minimum atomic E-state index is -0.0978. The molecule has 4 heterocycles. The second-order valence-corrected chi connectivity index (χ2v) is 9.83. The quantitative estimate of drug-likeness (QED) is 0.217. The smallest absolute Gasteiger partial charge is 0.186 e. The molecule has 2 aliphatic heterocycles. The molecule has 34 heavy (non-hydrogen) atoms. The van der Waals surface area contributed by atoms with Gasteiger partial charge in [0.1, 0.15) is 22.3 Å². The van der Waals surface area contributed by atoms with E-state index in [1.54, 1.807) is 12.1 Å². The fourth-order valence-electron chi connectivity index (χ4n) is 5.93. The lowest BCUT2D eigenvalue weighted by Gasteiger charge is -2.29. The first-order valence-electron chi connectivity index (χ1n) is 12.6. The van der Waals surface area contributed by atoms with Crippen LogP contribution in [-0.2, 0) is 0 Å². The Labute approximate surface area is 197 Å². The Morgan fingerprint density at radius 3 is 1.47 bits per heavy atom. The maximum atomic E-state index is 12.5. The van der Waals surface area contributed by atoms with Crippen molar-refractivity contribution < 1.29 is 8.83 Å². The third-order valence-electron chi connectivity index (χ3n) is 7.64. The van der Waals surface area contributed by atoms with E-state index in [9.17, 15) is 4.79 Å². The van der Waals surface area contributed by atoms with Gasteiger partial charge in [0.05, 0.1) is 5.39 Å². The predicted octanol–water partition coefficient (Wildman–Crippen LogP) is 6.83. The molecule has 0 bridgehead atoms. The van der Waals surface area contributed by atoms with Gasteiger partial charge >= 0.3 is 0 Å². The van der Waals surface area contributed by atoms with Crippen molar-refractivity contribution in [2.45, 2.75) is 38.5 Å². The topological polar surface area (TPSA) is 49.8 Å². The Bertz CT molecular complexity index is 1490. The van der Waals surface area contributed by atoms with Gasteiger partial charge in [0.2, 0.25) is 0 Å². The summed E-state index contributed by atoms with van der Waals surface area (Å²) in [6, 6.07) is 16.3. The molecule has 0 N–H and O–H groups in total. The highest BCUT2D eigenvalue weighted by Gasteiger charge is 2.19. The number of fused-ring (bicyclic) bond motifs is 4. The molecule has 3 aromatic carbocycles. The molecule has 2 aromatic heterocycles. The molecule has 0 radical (unpaired) electrons. The molecule has 5 aromatic rings. The van der Waals surface area contributed by atoms with Crippen molar-refractivity contribution in [2.24, 2.45) is 0 Å². The summed E-state index contributed by atoms with van der Waals surface area (Å²) in [7, 11) is 0. The van der Waals surface area contributed by atoms with E-state index in [0.29, 0.717) is 11.2 Å². The van der Waals surface area contributed by atoms with Crippen molar-refractivity contribution in [3.8, 4) is 0 Å². The number of hydrogen-bond donors (Lipinski definition) is 0. The fraction of sp³-hybridized carbons (Fsp3) is 0.345. The summed E-state index contributed by atoms with van der Waals surface area (Å²) in [6.45, 7) is 4.32. The minimum Gasteiger partial charge on any atom is -0.456 e. The lowest BCUT2D eigenvalue weighted by atomic mass is 10.00. The summed E-state index contributed by atoms with van der Waals surface area (Å²) < 4.78 is 12.7. The lowest BCUT2D eigenvalue weighted by molar-refractivity contribution is 0.577. The minimum absolute atomic E-state index is 0.0978. The molecule has 7 rings (SSSR count). The van der Waals surface area contributed by atoms with Crippen LogP contribution in [0, 0.1) is 0 Å². The number of benzene rings is 3. The van der Waals surface area contributed by atoms with Crippen LogP contribution in [0.4, 0.5) is 11.4 Å². The van der Waals surface area contributed by atoms with Crippen LogP contribution in [0.5, 0.6) is 0 Å². The normalized spacial score (nSPS) is 17.4. The van der Waals surface area contributed by atoms with E-state index in [2.05, 4.69) is 46.2 Å². The van der Waals surface area contributed by atoms with Crippen molar-refractivity contribution in [1.82, 2.24) is 0 Å². The predicted molar refractivity (Wildman–Crippen MR) is 139 cm³/mol. The van der Waals surface area contributed by atoms with Crippen LogP contribution in [-0.4, -0.2) is 26.2 Å². The molecule has 5 nitrogen and oxygen atoms in total. The molecular weight excluding hydrogens is 424 g/mol. The van der Waals surface area contributed by atoms with E-state index >= 15 is 0 Å². The SMILES string of the molecule is O=c1cc2oc3cc(N4CCCCC4)ccc3c3c4ccc(N5CCCCC5)cc4oc(c1)c23. The van der Waals surface area contributed by atoms with Gasteiger partial charge in [-0.15, -0.1) is 0 Å². The zero-order valence-corrected chi connectivity index (χ0v) is 19.3. The van der Waals surface area contributed by atoms with Crippen LogP contribution >= 0.6 is 0 Å². The molecule has 0 saturated carbocycles. The summed E-state index contributed by atoms with van der Waals surface area (Å²) in [5, 5.41) is 4.10. The highest BCUT2D eigenvalue weighted by Crippen LogP contribution is 2.40. The van der Waals surface area contributed by atoms with Crippen LogP contribution < -0.4 is 15.2 Å². The van der Waals surface area contributed by atoms with Gasteiger partial charge < -0.3 is 18.6 Å². The number of anilines is 2. The Hall–Kier alpha value is -3.47. The molecule has 0 amide bonds. The zero-order chi connectivity index (χ0) is 22.6.